The van der Waals surface area contributed by atoms with Crippen LogP contribution in [0.5, 0.6) is 0 Å². The molecule has 1 heterocycles. The van der Waals surface area contributed by atoms with Gasteiger partial charge in [-0.15, -0.1) is 0 Å². The van der Waals surface area contributed by atoms with Gasteiger partial charge in [0.05, 0.1) is 18.8 Å². The highest BCUT2D eigenvalue weighted by atomic mass is 16.6. The first-order valence-electron chi connectivity index (χ1n) is 4.99. The van der Waals surface area contributed by atoms with Gasteiger partial charge in [0.15, 0.2) is 6.29 Å². The maximum absolute atomic E-state index is 9.69. The maximum atomic E-state index is 9.69. The Morgan fingerprint density at radius 3 is 2.77 bits per heavy atom. The molecule has 0 spiro atoms. The number of ether oxygens (including phenoxy) is 1. The Labute approximate surface area is 78.5 Å². The summed E-state index contributed by atoms with van der Waals surface area (Å²) in [5, 5.41) is 27.9. The van der Waals surface area contributed by atoms with Gasteiger partial charge in [-0.1, -0.05) is 6.90 Å². The standard InChI is InChI=1S/C8H17NO4/c1-2-4-6(9)8(12)13-5(3-10)7(4)11/h4-8,10-12H,2-3,9H2,1H3/t4-,5-,6+,7+,8?/m1/s1/i1D. The molecule has 0 bridgehead atoms. The summed E-state index contributed by atoms with van der Waals surface area (Å²) in [4.78, 5) is 0. The summed E-state index contributed by atoms with van der Waals surface area (Å²) in [6, 6.07) is -0.696. The minimum absolute atomic E-state index is 0.125. The summed E-state index contributed by atoms with van der Waals surface area (Å²) >= 11 is 0. The zero-order valence-corrected chi connectivity index (χ0v) is 7.34. The largest absolute Gasteiger partial charge is 0.394 e. The molecule has 0 aliphatic carbocycles. The van der Waals surface area contributed by atoms with E-state index in [2.05, 4.69) is 0 Å². The summed E-state index contributed by atoms with van der Waals surface area (Å²) in [6.45, 7) is -0.236. The van der Waals surface area contributed by atoms with Crippen LogP contribution in [0.25, 0.3) is 0 Å². The van der Waals surface area contributed by atoms with Crippen LogP contribution in [0, 0.1) is 5.92 Å². The first kappa shape index (κ1) is 9.36. The second-order valence-corrected chi connectivity index (χ2v) is 3.27. The van der Waals surface area contributed by atoms with Gasteiger partial charge in [0.1, 0.15) is 6.10 Å². The van der Waals surface area contributed by atoms with Crippen molar-refractivity contribution in [2.45, 2.75) is 37.9 Å². The van der Waals surface area contributed by atoms with Crippen molar-refractivity contribution in [1.29, 1.82) is 0 Å². The highest BCUT2D eigenvalue weighted by molar-refractivity contribution is 4.89. The molecule has 0 radical (unpaired) electrons. The summed E-state index contributed by atoms with van der Waals surface area (Å²) in [5.74, 6) is -0.395. The Morgan fingerprint density at radius 2 is 2.23 bits per heavy atom. The van der Waals surface area contributed by atoms with E-state index >= 15 is 0 Å². The van der Waals surface area contributed by atoms with Crippen LogP contribution in [0.15, 0.2) is 0 Å². The van der Waals surface area contributed by atoms with E-state index in [-0.39, 0.29) is 13.5 Å². The molecular weight excluding hydrogens is 174 g/mol. The van der Waals surface area contributed by atoms with Gasteiger partial charge in [0.25, 0.3) is 0 Å². The Balaban J connectivity index is 2.67. The van der Waals surface area contributed by atoms with Gasteiger partial charge in [0, 0.05) is 7.29 Å². The number of nitrogens with two attached hydrogens (primary N) is 1. The quantitative estimate of drug-likeness (QED) is 0.423. The smallest absolute Gasteiger partial charge is 0.170 e. The molecule has 1 fully saturated rings. The zero-order chi connectivity index (χ0) is 10.7. The molecule has 13 heavy (non-hydrogen) atoms. The van der Waals surface area contributed by atoms with Crippen molar-refractivity contribution in [3.05, 3.63) is 0 Å². The molecule has 5 heteroatoms. The SMILES string of the molecule is [2H]CC[C@H]1[C@H](O)[C@@H](CO)OC(O)[C@H]1N. The van der Waals surface area contributed by atoms with Crippen LogP contribution in [0.3, 0.4) is 0 Å². The number of hydrogen-bond acceptors (Lipinski definition) is 5. The molecule has 5 atom stereocenters. The summed E-state index contributed by atoms with van der Waals surface area (Å²) in [6.07, 6.45) is -2.50. The van der Waals surface area contributed by atoms with Gasteiger partial charge < -0.3 is 25.8 Å². The molecule has 0 saturated carbocycles. The van der Waals surface area contributed by atoms with Crippen molar-refractivity contribution in [2.24, 2.45) is 11.7 Å². The first-order valence-corrected chi connectivity index (χ1v) is 4.29. The van der Waals surface area contributed by atoms with E-state index in [1.807, 2.05) is 0 Å². The minimum Gasteiger partial charge on any atom is -0.394 e. The predicted molar refractivity (Wildman–Crippen MR) is 45.7 cm³/mol. The Morgan fingerprint density at radius 1 is 1.54 bits per heavy atom. The molecule has 1 saturated heterocycles. The summed E-state index contributed by atoms with van der Waals surface area (Å²) in [5.41, 5.74) is 5.62. The van der Waals surface area contributed by atoms with Crippen molar-refractivity contribution >= 4 is 0 Å². The summed E-state index contributed by atoms with van der Waals surface area (Å²) < 4.78 is 12.0. The highest BCUT2D eigenvalue weighted by Crippen LogP contribution is 2.25. The lowest BCUT2D eigenvalue weighted by atomic mass is 9.86. The lowest BCUT2D eigenvalue weighted by Gasteiger charge is -2.40. The van der Waals surface area contributed by atoms with E-state index in [0.29, 0.717) is 6.42 Å². The molecule has 5 N–H and O–H groups in total. The highest BCUT2D eigenvalue weighted by Gasteiger charge is 2.41. The molecule has 0 aromatic heterocycles. The fraction of sp³-hybridized carbons (Fsp3) is 1.00. The normalized spacial score (nSPS) is 47.4. The number of aliphatic hydroxyl groups excluding tert-OH is 3. The molecular formula is C8H17NO4. The maximum Gasteiger partial charge on any atom is 0.170 e. The topological polar surface area (TPSA) is 95.9 Å². The van der Waals surface area contributed by atoms with E-state index < -0.39 is 30.5 Å². The van der Waals surface area contributed by atoms with Crippen molar-refractivity contribution in [1.82, 2.24) is 0 Å². The van der Waals surface area contributed by atoms with Crippen LogP contribution in [0.1, 0.15) is 14.7 Å². The predicted octanol–water partition coefficient (Wildman–Crippen LogP) is -1.59. The van der Waals surface area contributed by atoms with E-state index in [4.69, 9.17) is 16.9 Å². The number of hydrogen-bond donors (Lipinski definition) is 4. The average Bonchev–Trinajstić information content (AvgIpc) is 2.18. The van der Waals surface area contributed by atoms with Crippen LogP contribution < -0.4 is 5.73 Å². The van der Waals surface area contributed by atoms with E-state index in [1.54, 1.807) is 0 Å². The average molecular weight is 192 g/mol. The van der Waals surface area contributed by atoms with Crippen molar-refractivity contribution in [2.75, 3.05) is 6.61 Å². The molecule has 1 unspecified atom stereocenters. The Bertz CT molecular complexity index is 183. The Hall–Kier alpha value is -0.200. The van der Waals surface area contributed by atoms with Crippen LogP contribution in [-0.2, 0) is 4.74 Å². The second-order valence-electron chi connectivity index (χ2n) is 3.27. The van der Waals surface area contributed by atoms with Gasteiger partial charge in [-0.3, -0.25) is 0 Å². The molecule has 1 aliphatic rings. The Kier molecular flexibility index (Phi) is 3.13. The van der Waals surface area contributed by atoms with E-state index in [0.717, 1.165) is 0 Å². The summed E-state index contributed by atoms with van der Waals surface area (Å²) in [7, 11) is 0. The monoisotopic (exact) mass is 192 g/mol. The molecule has 0 aromatic carbocycles. The number of aliphatic hydroxyl groups is 3. The van der Waals surface area contributed by atoms with E-state index in [9.17, 15) is 10.2 Å². The van der Waals surface area contributed by atoms with Gasteiger partial charge in [-0.05, 0) is 6.42 Å². The van der Waals surface area contributed by atoms with Gasteiger partial charge in [0.2, 0.25) is 0 Å². The molecule has 1 aliphatic heterocycles. The molecule has 0 amide bonds. The van der Waals surface area contributed by atoms with Gasteiger partial charge in [-0.25, -0.2) is 0 Å². The molecule has 5 nitrogen and oxygen atoms in total. The van der Waals surface area contributed by atoms with Crippen LogP contribution in [-0.4, -0.2) is 46.5 Å². The molecule has 78 valence electrons. The van der Waals surface area contributed by atoms with Crippen LogP contribution in [0.4, 0.5) is 0 Å². The van der Waals surface area contributed by atoms with Crippen LogP contribution in [0.2, 0.25) is 0 Å². The zero-order valence-electron chi connectivity index (χ0n) is 8.34. The lowest BCUT2D eigenvalue weighted by molar-refractivity contribution is -0.236. The third-order valence-electron chi connectivity index (χ3n) is 2.47. The lowest BCUT2D eigenvalue weighted by Crippen LogP contribution is -2.58. The molecule has 1 rings (SSSR count). The van der Waals surface area contributed by atoms with Crippen molar-refractivity contribution < 1.29 is 21.4 Å². The fourth-order valence-electron chi connectivity index (χ4n) is 1.58. The van der Waals surface area contributed by atoms with Crippen molar-refractivity contribution in [3.63, 3.8) is 0 Å². The third-order valence-corrected chi connectivity index (χ3v) is 2.47. The third kappa shape index (κ3) is 2.00. The first-order chi connectivity index (χ1) is 6.61. The fourth-order valence-corrected chi connectivity index (χ4v) is 1.58. The van der Waals surface area contributed by atoms with Crippen molar-refractivity contribution in [3.8, 4) is 0 Å². The minimum atomic E-state index is -1.17. The second kappa shape index (κ2) is 4.34. The number of rotatable bonds is 2. The van der Waals surface area contributed by atoms with Gasteiger partial charge >= 0.3 is 0 Å². The van der Waals surface area contributed by atoms with Gasteiger partial charge in [-0.2, -0.15) is 0 Å². The van der Waals surface area contributed by atoms with Crippen LogP contribution >= 0.6 is 0 Å². The van der Waals surface area contributed by atoms with E-state index in [1.165, 1.54) is 0 Å². The molecule has 0 aromatic rings.